The van der Waals surface area contributed by atoms with Crippen LogP contribution in [0, 0.1) is 0 Å². The number of para-hydroxylation sites is 2. The van der Waals surface area contributed by atoms with Crippen LogP contribution in [0.2, 0.25) is 0 Å². The minimum atomic E-state index is -0.286. The average molecular weight is 576 g/mol. The molecule has 7 rings (SSSR count). The van der Waals surface area contributed by atoms with E-state index in [1.54, 1.807) is 0 Å². The molecule has 216 valence electrons. The van der Waals surface area contributed by atoms with Gasteiger partial charge in [0, 0.05) is 45.2 Å². The van der Waals surface area contributed by atoms with Crippen molar-refractivity contribution in [3.8, 4) is 39.8 Å². The summed E-state index contributed by atoms with van der Waals surface area (Å²) in [5.41, 5.74) is 6.33. The Hall–Kier alpha value is -5.36. The summed E-state index contributed by atoms with van der Waals surface area (Å²) in [6.45, 7) is 8.75. The van der Waals surface area contributed by atoms with E-state index in [1.165, 1.54) is 5.56 Å². The van der Waals surface area contributed by atoms with Crippen molar-refractivity contribution in [3.63, 3.8) is 0 Å². The van der Waals surface area contributed by atoms with Crippen LogP contribution in [0.1, 0.15) is 33.3 Å². The number of hydrogen-bond acceptors (Lipinski definition) is 6. The largest absolute Gasteiger partial charge is 0.487 e. The minimum absolute atomic E-state index is 0.128. The molecule has 1 aliphatic rings. The summed E-state index contributed by atoms with van der Waals surface area (Å²) in [6, 6.07) is 40.7. The first-order chi connectivity index (χ1) is 21.3. The lowest BCUT2D eigenvalue weighted by molar-refractivity contribution is 0.0712. The first kappa shape index (κ1) is 27.5. The molecule has 0 N–H and O–H groups in total. The van der Waals surface area contributed by atoms with Gasteiger partial charge in [-0.05, 0) is 68.4 Å². The number of benzene rings is 4. The van der Waals surface area contributed by atoms with Crippen molar-refractivity contribution in [3.05, 3.63) is 133 Å². The third kappa shape index (κ3) is 4.88. The smallest absolute Gasteiger partial charge is 0.238 e. The Kier molecular flexibility index (Phi) is 6.70. The average Bonchev–Trinajstić information content (AvgIpc) is 3.24. The van der Waals surface area contributed by atoms with Gasteiger partial charge in [-0.15, -0.1) is 0 Å². The lowest BCUT2D eigenvalue weighted by Gasteiger charge is -2.33. The molecule has 0 fully saturated rings. The quantitative estimate of drug-likeness (QED) is 0.197. The highest BCUT2D eigenvalue weighted by Crippen LogP contribution is 2.49. The monoisotopic (exact) mass is 575 g/mol. The molecule has 0 saturated heterocycles. The van der Waals surface area contributed by atoms with Gasteiger partial charge in [-0.25, -0.2) is 4.98 Å². The fourth-order valence-corrected chi connectivity index (χ4v) is 5.53. The number of pyridine rings is 1. The van der Waals surface area contributed by atoms with Crippen LogP contribution in [0.3, 0.4) is 0 Å². The van der Waals surface area contributed by atoms with E-state index in [2.05, 4.69) is 75.1 Å². The van der Waals surface area contributed by atoms with E-state index in [0.29, 0.717) is 17.6 Å². The fourth-order valence-electron chi connectivity index (χ4n) is 5.53. The second-order valence-corrected chi connectivity index (χ2v) is 12.0. The van der Waals surface area contributed by atoms with Gasteiger partial charge < -0.3 is 4.74 Å². The molecular weight excluding hydrogens is 542 g/mol. The maximum Gasteiger partial charge on any atom is 0.238 e. The Bertz CT molecular complexity index is 1880. The standard InChI is InChI=1S/C38H33N5O/c1-37(2)31-24-27(21-23-33(31)44-38(37,3)4)32-22-20-28(25-39-32)35-40-34(26-14-8-5-9-15-26)41-36(42-35)43(29-16-10-6-11-17-29)30-18-12-7-13-19-30/h5-25H,1-4H3. The van der Waals surface area contributed by atoms with Gasteiger partial charge in [-0.1, -0.05) is 80.6 Å². The third-order valence-corrected chi connectivity index (χ3v) is 8.73. The number of anilines is 3. The van der Waals surface area contributed by atoms with Crippen LogP contribution in [0.4, 0.5) is 17.3 Å². The zero-order chi connectivity index (χ0) is 30.3. The number of fused-ring (bicyclic) bond motifs is 1. The lowest BCUT2D eigenvalue weighted by atomic mass is 9.73. The molecule has 3 heterocycles. The van der Waals surface area contributed by atoms with E-state index in [9.17, 15) is 0 Å². The van der Waals surface area contributed by atoms with Gasteiger partial charge in [0.15, 0.2) is 11.6 Å². The Morgan fingerprint density at radius 3 is 1.73 bits per heavy atom. The van der Waals surface area contributed by atoms with Crippen molar-refractivity contribution in [2.75, 3.05) is 4.90 Å². The number of aromatic nitrogens is 4. The normalized spacial score (nSPS) is 14.5. The van der Waals surface area contributed by atoms with Crippen molar-refractivity contribution in [1.82, 2.24) is 19.9 Å². The molecule has 6 heteroatoms. The summed E-state index contributed by atoms with van der Waals surface area (Å²) in [4.78, 5) is 21.8. The van der Waals surface area contributed by atoms with E-state index in [4.69, 9.17) is 24.7 Å². The van der Waals surface area contributed by atoms with Crippen molar-refractivity contribution < 1.29 is 4.74 Å². The molecule has 0 spiro atoms. The van der Waals surface area contributed by atoms with E-state index in [-0.39, 0.29) is 11.0 Å². The predicted molar refractivity (Wildman–Crippen MR) is 176 cm³/mol. The molecule has 6 aromatic rings. The molecule has 0 unspecified atom stereocenters. The molecule has 0 radical (unpaired) electrons. The number of rotatable bonds is 6. The van der Waals surface area contributed by atoms with Crippen LogP contribution < -0.4 is 9.64 Å². The second kappa shape index (κ2) is 10.7. The molecule has 0 aliphatic carbocycles. The molecule has 2 aromatic heterocycles. The van der Waals surface area contributed by atoms with E-state index >= 15 is 0 Å². The molecule has 0 amide bonds. The molecule has 0 saturated carbocycles. The summed E-state index contributed by atoms with van der Waals surface area (Å²) >= 11 is 0. The van der Waals surface area contributed by atoms with Gasteiger partial charge in [-0.2, -0.15) is 9.97 Å². The molecular formula is C38H33N5O. The molecule has 0 atom stereocenters. The van der Waals surface area contributed by atoms with Gasteiger partial charge >= 0.3 is 0 Å². The van der Waals surface area contributed by atoms with Crippen LogP contribution in [-0.4, -0.2) is 25.5 Å². The Morgan fingerprint density at radius 1 is 0.568 bits per heavy atom. The molecule has 44 heavy (non-hydrogen) atoms. The van der Waals surface area contributed by atoms with Gasteiger partial charge in [0.05, 0.1) is 5.69 Å². The highest BCUT2D eigenvalue weighted by atomic mass is 16.5. The van der Waals surface area contributed by atoms with Crippen LogP contribution >= 0.6 is 0 Å². The summed E-state index contributed by atoms with van der Waals surface area (Å²) in [5, 5.41) is 0. The van der Waals surface area contributed by atoms with E-state index in [0.717, 1.165) is 39.5 Å². The molecule has 1 aliphatic heterocycles. The summed E-state index contributed by atoms with van der Waals surface area (Å²) in [7, 11) is 0. The lowest BCUT2D eigenvalue weighted by Crippen LogP contribution is -2.41. The number of ether oxygens (including phenoxy) is 1. The zero-order valence-electron chi connectivity index (χ0n) is 25.3. The maximum atomic E-state index is 6.27. The minimum Gasteiger partial charge on any atom is -0.487 e. The second-order valence-electron chi connectivity index (χ2n) is 12.0. The summed E-state index contributed by atoms with van der Waals surface area (Å²) in [6.07, 6.45) is 1.84. The Morgan fingerprint density at radius 2 is 1.14 bits per heavy atom. The van der Waals surface area contributed by atoms with Crippen LogP contribution in [-0.2, 0) is 5.41 Å². The first-order valence-corrected chi connectivity index (χ1v) is 14.8. The van der Waals surface area contributed by atoms with Gasteiger partial charge in [0.1, 0.15) is 11.4 Å². The first-order valence-electron chi connectivity index (χ1n) is 14.8. The molecule has 4 aromatic carbocycles. The third-order valence-electron chi connectivity index (χ3n) is 8.73. The van der Waals surface area contributed by atoms with Crippen LogP contribution in [0.5, 0.6) is 5.75 Å². The highest BCUT2D eigenvalue weighted by Gasteiger charge is 2.47. The van der Waals surface area contributed by atoms with Crippen LogP contribution in [0.15, 0.2) is 128 Å². The van der Waals surface area contributed by atoms with Gasteiger partial charge in [-0.3, -0.25) is 9.88 Å². The molecule has 0 bridgehead atoms. The summed E-state index contributed by atoms with van der Waals surface area (Å²) < 4.78 is 6.27. The van der Waals surface area contributed by atoms with E-state index in [1.807, 2.05) is 85.1 Å². The topological polar surface area (TPSA) is 64.0 Å². The molecule has 6 nitrogen and oxygen atoms in total. The van der Waals surface area contributed by atoms with Gasteiger partial charge in [0.25, 0.3) is 0 Å². The highest BCUT2D eigenvalue weighted by molar-refractivity contribution is 5.75. The summed E-state index contributed by atoms with van der Waals surface area (Å²) in [5.74, 6) is 2.61. The van der Waals surface area contributed by atoms with Crippen molar-refractivity contribution in [2.45, 2.75) is 38.7 Å². The van der Waals surface area contributed by atoms with E-state index < -0.39 is 0 Å². The Labute approximate surface area is 258 Å². The zero-order valence-corrected chi connectivity index (χ0v) is 25.3. The number of nitrogens with zero attached hydrogens (tertiary/aromatic N) is 5. The predicted octanol–water partition coefficient (Wildman–Crippen LogP) is 9.19. The van der Waals surface area contributed by atoms with Gasteiger partial charge in [0.2, 0.25) is 5.95 Å². The van der Waals surface area contributed by atoms with Crippen molar-refractivity contribution in [2.24, 2.45) is 0 Å². The van der Waals surface area contributed by atoms with Crippen LogP contribution in [0.25, 0.3) is 34.0 Å². The SMILES string of the molecule is CC1(C)Oc2ccc(-c3ccc(-c4nc(-c5ccccc5)nc(N(c5ccccc5)c5ccccc5)n4)cn3)cc2C1(C)C. The maximum absolute atomic E-state index is 6.27. The number of hydrogen-bond donors (Lipinski definition) is 0. The van der Waals surface area contributed by atoms with Crippen molar-refractivity contribution >= 4 is 17.3 Å². The van der Waals surface area contributed by atoms with Crippen molar-refractivity contribution in [1.29, 1.82) is 0 Å². The fraction of sp³-hybridized carbons (Fsp3) is 0.158. The Balaban J connectivity index is 1.32.